The monoisotopic (exact) mass is 376 g/mol. The molecule has 2 N–H and O–H groups in total. The third kappa shape index (κ3) is 4.03. The minimum atomic E-state index is -0.288. The number of rotatable bonds is 6. The van der Waals surface area contributed by atoms with E-state index in [-0.39, 0.29) is 18.4 Å². The highest BCUT2D eigenvalue weighted by molar-refractivity contribution is 5.92. The Morgan fingerprint density at radius 1 is 0.964 bits per heavy atom. The predicted octanol–water partition coefficient (Wildman–Crippen LogP) is 3.44. The van der Waals surface area contributed by atoms with Crippen LogP contribution in [0.5, 0.6) is 11.5 Å². The van der Waals surface area contributed by atoms with Gasteiger partial charge in [-0.05, 0) is 53.9 Å². The van der Waals surface area contributed by atoms with Gasteiger partial charge in [0.05, 0.1) is 0 Å². The Labute approximate surface area is 162 Å². The fourth-order valence-corrected chi connectivity index (χ4v) is 2.82. The summed E-state index contributed by atoms with van der Waals surface area (Å²) in [6.07, 6.45) is 0.996. The smallest absolute Gasteiger partial charge is 0.272 e. The van der Waals surface area contributed by atoms with E-state index in [0.29, 0.717) is 23.9 Å². The zero-order chi connectivity index (χ0) is 19.3. The molecule has 1 amide bonds. The van der Waals surface area contributed by atoms with Gasteiger partial charge in [0.25, 0.3) is 5.91 Å². The quantitative estimate of drug-likeness (QED) is 0.685. The van der Waals surface area contributed by atoms with E-state index in [2.05, 4.69) is 39.9 Å². The van der Waals surface area contributed by atoms with Crippen LogP contribution in [-0.4, -0.2) is 22.9 Å². The van der Waals surface area contributed by atoms with Gasteiger partial charge in [0.15, 0.2) is 23.0 Å². The number of ether oxygens (including phenoxy) is 2. The summed E-state index contributed by atoms with van der Waals surface area (Å²) in [5.74, 6) is 1.70. The van der Waals surface area contributed by atoms with Gasteiger partial charge < -0.3 is 20.1 Å². The molecule has 0 aliphatic carbocycles. The first-order chi connectivity index (χ1) is 13.7. The summed E-state index contributed by atoms with van der Waals surface area (Å²) in [4.78, 5) is 12.3. The number of carbonyl (C=O) groups is 1. The maximum Gasteiger partial charge on any atom is 0.272 e. The maximum atomic E-state index is 12.3. The van der Waals surface area contributed by atoms with E-state index in [1.165, 1.54) is 5.56 Å². The second-order valence-corrected chi connectivity index (χ2v) is 6.35. The van der Waals surface area contributed by atoms with Crippen molar-refractivity contribution in [3.05, 3.63) is 71.4 Å². The van der Waals surface area contributed by atoms with Crippen molar-refractivity contribution in [1.82, 2.24) is 15.5 Å². The number of fused-ring (bicyclic) bond motifs is 1. The van der Waals surface area contributed by atoms with Crippen LogP contribution in [-0.2, 0) is 13.0 Å². The fourth-order valence-electron chi connectivity index (χ4n) is 2.82. The van der Waals surface area contributed by atoms with Gasteiger partial charge in [0.1, 0.15) is 0 Å². The summed E-state index contributed by atoms with van der Waals surface area (Å²) < 4.78 is 10.6. The topological polar surface area (TPSA) is 85.4 Å². The summed E-state index contributed by atoms with van der Waals surface area (Å²) in [7, 11) is 0. The molecule has 0 bridgehead atoms. The van der Waals surface area contributed by atoms with Crippen molar-refractivity contribution >= 4 is 17.4 Å². The predicted molar refractivity (Wildman–Crippen MR) is 105 cm³/mol. The minimum absolute atomic E-state index is 0.226. The number of carbonyl (C=O) groups excluding carboxylic acids is 1. The number of benzene rings is 2. The van der Waals surface area contributed by atoms with E-state index in [1.807, 2.05) is 30.3 Å². The minimum Gasteiger partial charge on any atom is -0.454 e. The second-order valence-electron chi connectivity index (χ2n) is 6.35. The number of aryl methyl sites for hydroxylation is 1. The molecule has 28 heavy (non-hydrogen) atoms. The largest absolute Gasteiger partial charge is 0.454 e. The highest BCUT2D eigenvalue weighted by atomic mass is 16.7. The highest BCUT2D eigenvalue weighted by Gasteiger charge is 2.14. The first kappa shape index (κ1) is 17.8. The Kier molecular flexibility index (Phi) is 5.05. The van der Waals surface area contributed by atoms with Crippen molar-refractivity contribution in [2.75, 3.05) is 12.1 Å². The van der Waals surface area contributed by atoms with Crippen LogP contribution in [0.2, 0.25) is 0 Å². The molecule has 142 valence electrons. The highest BCUT2D eigenvalue weighted by Crippen LogP contribution is 2.32. The Bertz CT molecular complexity index is 972. The molecule has 1 aromatic heterocycles. The average Bonchev–Trinajstić information content (AvgIpc) is 3.21. The SMILES string of the molecule is CCc1ccc(Nc2ccc(C(=O)NCc3ccc4c(c3)OCO4)nn2)cc1. The summed E-state index contributed by atoms with van der Waals surface area (Å²) in [5.41, 5.74) is 3.37. The van der Waals surface area contributed by atoms with Crippen molar-refractivity contribution in [2.24, 2.45) is 0 Å². The zero-order valence-electron chi connectivity index (χ0n) is 15.4. The first-order valence-corrected chi connectivity index (χ1v) is 9.07. The van der Waals surface area contributed by atoms with Crippen LogP contribution in [0, 0.1) is 0 Å². The van der Waals surface area contributed by atoms with Gasteiger partial charge >= 0.3 is 0 Å². The summed E-state index contributed by atoms with van der Waals surface area (Å²) in [6.45, 7) is 2.70. The molecule has 7 heteroatoms. The van der Waals surface area contributed by atoms with Crippen molar-refractivity contribution < 1.29 is 14.3 Å². The van der Waals surface area contributed by atoms with E-state index in [0.717, 1.165) is 17.7 Å². The molecular weight excluding hydrogens is 356 g/mol. The summed E-state index contributed by atoms with van der Waals surface area (Å²) in [5, 5.41) is 14.1. The lowest BCUT2D eigenvalue weighted by molar-refractivity contribution is 0.0945. The van der Waals surface area contributed by atoms with Crippen LogP contribution in [0.25, 0.3) is 0 Å². The Hall–Kier alpha value is -3.61. The molecule has 3 aromatic rings. The molecule has 0 fully saturated rings. The molecule has 1 aliphatic rings. The first-order valence-electron chi connectivity index (χ1n) is 9.07. The van der Waals surface area contributed by atoms with Gasteiger partial charge in [0, 0.05) is 12.2 Å². The number of nitrogens with one attached hydrogen (secondary N) is 2. The average molecular weight is 376 g/mol. The van der Waals surface area contributed by atoms with E-state index in [1.54, 1.807) is 12.1 Å². The molecule has 7 nitrogen and oxygen atoms in total. The lowest BCUT2D eigenvalue weighted by Gasteiger charge is -2.08. The van der Waals surface area contributed by atoms with Gasteiger partial charge in [-0.2, -0.15) is 0 Å². The van der Waals surface area contributed by atoms with E-state index >= 15 is 0 Å². The summed E-state index contributed by atoms with van der Waals surface area (Å²) in [6, 6.07) is 17.1. The van der Waals surface area contributed by atoms with Gasteiger partial charge in [0.2, 0.25) is 6.79 Å². The van der Waals surface area contributed by atoms with E-state index < -0.39 is 0 Å². The lowest BCUT2D eigenvalue weighted by atomic mass is 10.1. The van der Waals surface area contributed by atoms with Crippen molar-refractivity contribution in [2.45, 2.75) is 19.9 Å². The number of anilines is 2. The third-order valence-electron chi connectivity index (χ3n) is 4.42. The molecule has 2 aromatic carbocycles. The standard InChI is InChI=1S/C21H20N4O3/c1-2-14-3-6-16(7-4-14)23-20-10-8-17(24-25-20)21(26)22-12-15-5-9-18-19(11-15)28-13-27-18/h3-11H,2,12-13H2,1H3,(H,22,26)(H,23,25). The molecule has 1 aliphatic heterocycles. The Morgan fingerprint density at radius 2 is 1.75 bits per heavy atom. The molecule has 0 spiro atoms. The van der Waals surface area contributed by atoms with Crippen molar-refractivity contribution in [1.29, 1.82) is 0 Å². The Morgan fingerprint density at radius 3 is 2.50 bits per heavy atom. The second kappa shape index (κ2) is 7.96. The number of aromatic nitrogens is 2. The van der Waals surface area contributed by atoms with Gasteiger partial charge in [-0.3, -0.25) is 4.79 Å². The lowest BCUT2D eigenvalue weighted by Crippen LogP contribution is -2.24. The van der Waals surface area contributed by atoms with Crippen molar-refractivity contribution in [3.8, 4) is 11.5 Å². The third-order valence-corrected chi connectivity index (χ3v) is 4.42. The number of hydrogen-bond donors (Lipinski definition) is 2. The van der Waals surface area contributed by atoms with Crippen LogP contribution >= 0.6 is 0 Å². The normalized spacial score (nSPS) is 11.9. The van der Waals surface area contributed by atoms with Gasteiger partial charge in [-0.25, -0.2) is 0 Å². The molecule has 0 saturated carbocycles. The van der Waals surface area contributed by atoms with Crippen LogP contribution in [0.3, 0.4) is 0 Å². The number of hydrogen-bond acceptors (Lipinski definition) is 6. The molecular formula is C21H20N4O3. The van der Waals surface area contributed by atoms with Crippen LogP contribution in [0.1, 0.15) is 28.5 Å². The van der Waals surface area contributed by atoms with Crippen molar-refractivity contribution in [3.63, 3.8) is 0 Å². The van der Waals surface area contributed by atoms with Crippen LogP contribution in [0.4, 0.5) is 11.5 Å². The van der Waals surface area contributed by atoms with Crippen LogP contribution < -0.4 is 20.1 Å². The van der Waals surface area contributed by atoms with E-state index in [4.69, 9.17) is 9.47 Å². The zero-order valence-corrected chi connectivity index (χ0v) is 15.4. The van der Waals surface area contributed by atoms with Gasteiger partial charge in [-0.15, -0.1) is 10.2 Å². The van der Waals surface area contributed by atoms with E-state index in [9.17, 15) is 4.79 Å². The molecule has 0 atom stereocenters. The molecule has 2 heterocycles. The molecule has 0 radical (unpaired) electrons. The Balaban J connectivity index is 1.34. The number of amides is 1. The maximum absolute atomic E-state index is 12.3. The fraction of sp³-hybridized carbons (Fsp3) is 0.190. The molecule has 0 unspecified atom stereocenters. The molecule has 4 rings (SSSR count). The molecule has 0 saturated heterocycles. The van der Waals surface area contributed by atoms with Gasteiger partial charge in [-0.1, -0.05) is 25.1 Å². The van der Waals surface area contributed by atoms with Crippen LogP contribution in [0.15, 0.2) is 54.6 Å². The summed E-state index contributed by atoms with van der Waals surface area (Å²) >= 11 is 0. The number of nitrogens with zero attached hydrogens (tertiary/aromatic N) is 2.